The van der Waals surface area contributed by atoms with Gasteiger partial charge in [-0.2, -0.15) is 0 Å². The molecule has 1 heterocycles. The minimum atomic E-state index is -0.230. The lowest BCUT2D eigenvalue weighted by Crippen LogP contribution is -2.45. The lowest BCUT2D eigenvalue weighted by atomic mass is 9.83. The summed E-state index contributed by atoms with van der Waals surface area (Å²) >= 11 is 0. The number of para-hydroxylation sites is 1. The summed E-state index contributed by atoms with van der Waals surface area (Å²) in [6.07, 6.45) is 7.17. The zero-order chi connectivity index (χ0) is 20.3. The molecule has 4 nitrogen and oxygen atoms in total. The molecule has 0 bridgehead atoms. The first-order chi connectivity index (χ1) is 14.1. The number of rotatable bonds is 6. The fourth-order valence-corrected chi connectivity index (χ4v) is 4.69. The maximum absolute atomic E-state index is 12.8. The molecule has 4 rings (SSSR count). The summed E-state index contributed by atoms with van der Waals surface area (Å²) in [4.78, 5) is 12.8. The van der Waals surface area contributed by atoms with Crippen molar-refractivity contribution in [2.24, 2.45) is 0 Å². The Labute approximate surface area is 173 Å². The third kappa shape index (κ3) is 4.12. The first-order valence-corrected chi connectivity index (χ1v) is 10.9. The number of benzene rings is 2. The van der Waals surface area contributed by atoms with Crippen molar-refractivity contribution in [3.8, 4) is 11.5 Å². The zero-order valence-corrected chi connectivity index (χ0v) is 17.5. The first kappa shape index (κ1) is 19.8. The predicted molar refractivity (Wildman–Crippen MR) is 114 cm³/mol. The Morgan fingerprint density at radius 2 is 1.90 bits per heavy atom. The van der Waals surface area contributed by atoms with E-state index in [4.69, 9.17) is 9.47 Å². The molecule has 0 saturated heterocycles. The van der Waals surface area contributed by atoms with E-state index >= 15 is 0 Å². The first-order valence-electron chi connectivity index (χ1n) is 10.9. The lowest BCUT2D eigenvalue weighted by molar-refractivity contribution is -0.124. The van der Waals surface area contributed by atoms with E-state index < -0.39 is 0 Å². The number of nitrogens with one attached hydrogen (secondary N) is 1. The van der Waals surface area contributed by atoms with Crippen molar-refractivity contribution in [1.29, 1.82) is 0 Å². The Hall–Kier alpha value is -2.49. The molecule has 1 atom stereocenters. The Morgan fingerprint density at radius 1 is 1.10 bits per heavy atom. The van der Waals surface area contributed by atoms with Crippen LogP contribution in [-0.2, 0) is 17.6 Å². The Morgan fingerprint density at radius 3 is 2.72 bits per heavy atom. The Bertz CT molecular complexity index is 872. The number of hydrogen-bond acceptors (Lipinski definition) is 3. The van der Waals surface area contributed by atoms with E-state index in [1.807, 2.05) is 36.4 Å². The number of aryl methyl sites for hydroxylation is 1. The van der Waals surface area contributed by atoms with Crippen molar-refractivity contribution in [2.75, 3.05) is 6.61 Å². The van der Waals surface area contributed by atoms with E-state index in [1.165, 1.54) is 24.0 Å². The van der Waals surface area contributed by atoms with Crippen molar-refractivity contribution in [3.05, 3.63) is 59.2 Å². The van der Waals surface area contributed by atoms with E-state index in [1.54, 1.807) is 0 Å². The number of carbonyl (C=O) groups excluding carboxylic acids is 1. The van der Waals surface area contributed by atoms with Crippen LogP contribution >= 0.6 is 0 Å². The second-order valence-electron chi connectivity index (χ2n) is 8.24. The molecule has 0 fully saturated rings. The van der Waals surface area contributed by atoms with Crippen molar-refractivity contribution in [1.82, 2.24) is 5.32 Å². The monoisotopic (exact) mass is 393 g/mol. The summed E-state index contributed by atoms with van der Waals surface area (Å²) < 4.78 is 12.3. The van der Waals surface area contributed by atoms with Crippen LogP contribution in [0.5, 0.6) is 11.5 Å². The van der Waals surface area contributed by atoms with Gasteiger partial charge in [0.15, 0.2) is 6.61 Å². The van der Waals surface area contributed by atoms with Gasteiger partial charge in [-0.1, -0.05) is 44.2 Å². The number of carbonyl (C=O) groups is 1. The molecule has 1 aliphatic heterocycles. The van der Waals surface area contributed by atoms with Gasteiger partial charge >= 0.3 is 0 Å². The summed E-state index contributed by atoms with van der Waals surface area (Å²) in [5.41, 5.74) is 3.46. The highest BCUT2D eigenvalue weighted by Gasteiger charge is 2.38. The normalized spacial score (nSPS) is 19.4. The van der Waals surface area contributed by atoms with Gasteiger partial charge in [0.1, 0.15) is 17.1 Å². The van der Waals surface area contributed by atoms with Crippen molar-refractivity contribution in [2.45, 2.75) is 70.4 Å². The highest BCUT2D eigenvalue weighted by molar-refractivity contribution is 5.78. The molecule has 29 heavy (non-hydrogen) atoms. The molecule has 4 heteroatoms. The van der Waals surface area contributed by atoms with Gasteiger partial charge in [-0.3, -0.25) is 4.79 Å². The van der Waals surface area contributed by atoms with Crippen LogP contribution in [-0.4, -0.2) is 18.1 Å². The molecule has 1 N–H and O–H groups in total. The van der Waals surface area contributed by atoms with Crippen LogP contribution in [0.3, 0.4) is 0 Å². The van der Waals surface area contributed by atoms with Crippen LogP contribution in [0.15, 0.2) is 42.5 Å². The highest BCUT2D eigenvalue weighted by atomic mass is 16.5. The standard InChI is InChI=1S/C25H31NO3/c1-3-25(4-2)16-21(20-13-7-8-14-23(20)29-25)26-24(27)17-28-22-15-9-11-18-10-5-6-12-19(18)22/h7-9,11,13-15,21H,3-6,10,12,16-17H2,1-2H3,(H,26,27). The predicted octanol–water partition coefficient (Wildman–Crippen LogP) is 5.14. The molecule has 0 radical (unpaired) electrons. The second kappa shape index (κ2) is 8.48. The molecule has 154 valence electrons. The zero-order valence-electron chi connectivity index (χ0n) is 17.5. The topological polar surface area (TPSA) is 47.6 Å². The SMILES string of the molecule is CCC1(CC)CC(NC(=O)COc2cccc3c2CCCC3)c2ccccc2O1. The average Bonchev–Trinajstić information content (AvgIpc) is 2.77. The smallest absolute Gasteiger partial charge is 0.258 e. The van der Waals surface area contributed by atoms with E-state index in [-0.39, 0.29) is 24.2 Å². The number of fused-ring (bicyclic) bond motifs is 2. The number of amides is 1. The van der Waals surface area contributed by atoms with E-state index in [9.17, 15) is 4.79 Å². The van der Waals surface area contributed by atoms with Crippen LogP contribution in [0.4, 0.5) is 0 Å². The summed E-state index contributed by atoms with van der Waals surface area (Å²) in [6.45, 7) is 4.34. The fourth-order valence-electron chi connectivity index (χ4n) is 4.69. The number of ether oxygens (including phenoxy) is 2. The van der Waals surface area contributed by atoms with E-state index in [0.717, 1.165) is 49.2 Å². The van der Waals surface area contributed by atoms with Crippen molar-refractivity contribution >= 4 is 5.91 Å². The largest absolute Gasteiger partial charge is 0.487 e. The van der Waals surface area contributed by atoms with Gasteiger partial charge in [0.25, 0.3) is 5.91 Å². The number of hydrogen-bond donors (Lipinski definition) is 1. The van der Waals surface area contributed by atoms with Gasteiger partial charge in [-0.05, 0) is 61.8 Å². The van der Waals surface area contributed by atoms with Gasteiger partial charge in [0.2, 0.25) is 0 Å². The Balaban J connectivity index is 1.46. The lowest BCUT2D eigenvalue weighted by Gasteiger charge is -2.41. The van der Waals surface area contributed by atoms with Crippen LogP contribution in [0.2, 0.25) is 0 Å². The van der Waals surface area contributed by atoms with Crippen LogP contribution in [0, 0.1) is 0 Å². The molecule has 2 aliphatic rings. The van der Waals surface area contributed by atoms with Gasteiger partial charge in [-0.25, -0.2) is 0 Å². The summed E-state index contributed by atoms with van der Waals surface area (Å²) in [5.74, 6) is 1.66. The molecular weight excluding hydrogens is 362 g/mol. The summed E-state index contributed by atoms with van der Waals surface area (Å²) in [6, 6.07) is 14.2. The van der Waals surface area contributed by atoms with Gasteiger partial charge < -0.3 is 14.8 Å². The molecule has 2 aromatic carbocycles. The molecule has 0 aromatic heterocycles. The van der Waals surface area contributed by atoms with Crippen LogP contribution < -0.4 is 14.8 Å². The second-order valence-corrected chi connectivity index (χ2v) is 8.24. The molecule has 0 spiro atoms. The maximum Gasteiger partial charge on any atom is 0.258 e. The Kier molecular flexibility index (Phi) is 5.79. The fraction of sp³-hybridized carbons (Fsp3) is 0.480. The molecular formula is C25H31NO3. The van der Waals surface area contributed by atoms with Crippen molar-refractivity contribution in [3.63, 3.8) is 0 Å². The molecule has 0 saturated carbocycles. The minimum absolute atomic E-state index is 0.0429. The molecule has 1 unspecified atom stereocenters. The van der Waals surface area contributed by atoms with Gasteiger partial charge in [0, 0.05) is 12.0 Å². The summed E-state index contributed by atoms with van der Waals surface area (Å²) in [7, 11) is 0. The van der Waals surface area contributed by atoms with Crippen LogP contribution in [0.1, 0.15) is 68.7 Å². The van der Waals surface area contributed by atoms with Crippen molar-refractivity contribution < 1.29 is 14.3 Å². The highest BCUT2D eigenvalue weighted by Crippen LogP contribution is 2.42. The van der Waals surface area contributed by atoms with Gasteiger partial charge in [-0.15, -0.1) is 0 Å². The quantitative estimate of drug-likeness (QED) is 0.739. The molecule has 1 aliphatic carbocycles. The summed E-state index contributed by atoms with van der Waals surface area (Å²) in [5, 5.41) is 3.20. The average molecular weight is 394 g/mol. The van der Waals surface area contributed by atoms with E-state index in [2.05, 4.69) is 25.2 Å². The molecule has 1 amide bonds. The van der Waals surface area contributed by atoms with Crippen LogP contribution in [0.25, 0.3) is 0 Å². The third-order valence-corrected chi connectivity index (χ3v) is 6.53. The maximum atomic E-state index is 12.8. The minimum Gasteiger partial charge on any atom is -0.487 e. The van der Waals surface area contributed by atoms with Gasteiger partial charge in [0.05, 0.1) is 6.04 Å². The van der Waals surface area contributed by atoms with E-state index in [0.29, 0.717) is 0 Å². The third-order valence-electron chi connectivity index (χ3n) is 6.53. The molecule has 2 aromatic rings.